The van der Waals surface area contributed by atoms with Crippen molar-refractivity contribution in [2.75, 3.05) is 18.5 Å². The molecular weight excluding hydrogens is 376 g/mol. The Hall–Kier alpha value is -3.59. The molecule has 1 fully saturated rings. The second kappa shape index (κ2) is 7.80. The van der Waals surface area contributed by atoms with Gasteiger partial charge >= 0.3 is 5.69 Å². The molecule has 1 saturated heterocycles. The van der Waals surface area contributed by atoms with E-state index in [-0.39, 0.29) is 23.3 Å². The van der Waals surface area contributed by atoms with Crippen molar-refractivity contribution in [2.45, 2.75) is 19.4 Å². The Balaban J connectivity index is 1.70. The number of carbonyl (C=O) groups is 1. The normalized spacial score (nSPS) is 16.0. The lowest BCUT2D eigenvalue weighted by molar-refractivity contribution is -0.385. The van der Waals surface area contributed by atoms with Crippen LogP contribution < -0.4 is 10.1 Å². The summed E-state index contributed by atoms with van der Waals surface area (Å²) in [7, 11) is 0. The number of benzene rings is 2. The molecule has 2 heterocycles. The zero-order chi connectivity index (χ0) is 20.4. The molecule has 1 unspecified atom stereocenters. The standard InChI is InChI=1S/C20H18N4O5/c1-12(25)13-2-4-14(5-3-13)23-20-16-8-18(24(26)27)19(9-17(16)21-11-22-20)29-15-6-7-28-10-15/h2-5,8-9,11,15H,6-7,10H2,1H3,(H,21,22,23). The average Bonchev–Trinajstić information content (AvgIpc) is 3.21. The second-order valence-corrected chi connectivity index (χ2v) is 6.68. The van der Waals surface area contributed by atoms with Crippen LogP contribution in [0.15, 0.2) is 42.7 Å². The molecule has 0 amide bonds. The van der Waals surface area contributed by atoms with Crippen molar-refractivity contribution in [2.24, 2.45) is 0 Å². The highest BCUT2D eigenvalue weighted by molar-refractivity contribution is 5.95. The van der Waals surface area contributed by atoms with Crippen LogP contribution in [0.3, 0.4) is 0 Å². The number of nitro groups is 1. The molecule has 148 valence electrons. The van der Waals surface area contributed by atoms with Gasteiger partial charge in [0.1, 0.15) is 18.2 Å². The Morgan fingerprint density at radius 3 is 2.72 bits per heavy atom. The molecule has 0 spiro atoms. The lowest BCUT2D eigenvalue weighted by Crippen LogP contribution is -2.16. The number of aromatic nitrogens is 2. The number of carbonyl (C=O) groups excluding carboxylic acids is 1. The highest BCUT2D eigenvalue weighted by Gasteiger charge is 2.24. The summed E-state index contributed by atoms with van der Waals surface area (Å²) < 4.78 is 11.1. The average molecular weight is 394 g/mol. The molecule has 3 aromatic rings. The summed E-state index contributed by atoms with van der Waals surface area (Å²) in [5.41, 5.74) is 1.65. The van der Waals surface area contributed by atoms with E-state index >= 15 is 0 Å². The summed E-state index contributed by atoms with van der Waals surface area (Å²) in [6.07, 6.45) is 1.84. The summed E-state index contributed by atoms with van der Waals surface area (Å²) >= 11 is 0. The van der Waals surface area contributed by atoms with Crippen molar-refractivity contribution >= 4 is 33.9 Å². The summed E-state index contributed by atoms with van der Waals surface area (Å²) in [5.74, 6) is 0.553. The molecule has 1 aliphatic rings. The lowest BCUT2D eigenvalue weighted by atomic mass is 10.1. The smallest absolute Gasteiger partial charge is 0.311 e. The Bertz CT molecular complexity index is 1080. The maximum atomic E-state index is 11.6. The van der Waals surface area contributed by atoms with Crippen LogP contribution in [0.5, 0.6) is 5.75 Å². The Labute approximate surface area is 165 Å². The van der Waals surface area contributed by atoms with E-state index in [1.807, 2.05) is 0 Å². The second-order valence-electron chi connectivity index (χ2n) is 6.68. The monoisotopic (exact) mass is 394 g/mol. The molecule has 0 radical (unpaired) electrons. The van der Waals surface area contributed by atoms with Crippen LogP contribution in [0.1, 0.15) is 23.7 Å². The molecule has 1 atom stereocenters. The first-order valence-electron chi connectivity index (χ1n) is 9.07. The van der Waals surface area contributed by atoms with Crippen molar-refractivity contribution in [3.63, 3.8) is 0 Å². The summed E-state index contributed by atoms with van der Waals surface area (Å²) in [4.78, 5) is 31.0. The lowest BCUT2D eigenvalue weighted by Gasteiger charge is -2.14. The maximum absolute atomic E-state index is 11.6. The first-order chi connectivity index (χ1) is 14.0. The summed E-state index contributed by atoms with van der Waals surface area (Å²) in [5, 5.41) is 15.2. The maximum Gasteiger partial charge on any atom is 0.311 e. The SMILES string of the molecule is CC(=O)c1ccc(Nc2ncnc3cc(OC4CCOC4)c([N+](=O)[O-])cc23)cc1. The molecule has 1 aromatic heterocycles. The summed E-state index contributed by atoms with van der Waals surface area (Å²) in [6.45, 7) is 2.48. The van der Waals surface area contributed by atoms with Gasteiger partial charge in [0.25, 0.3) is 0 Å². The third-order valence-electron chi connectivity index (χ3n) is 4.65. The number of nitro benzene ring substituents is 1. The molecule has 2 aromatic carbocycles. The number of hydrogen-bond acceptors (Lipinski definition) is 8. The number of nitrogens with zero attached hydrogens (tertiary/aromatic N) is 3. The van der Waals surface area contributed by atoms with Crippen LogP contribution in [0.4, 0.5) is 17.2 Å². The topological polar surface area (TPSA) is 116 Å². The number of fused-ring (bicyclic) bond motifs is 1. The van der Waals surface area contributed by atoms with Crippen molar-refractivity contribution in [1.82, 2.24) is 9.97 Å². The van der Waals surface area contributed by atoms with Gasteiger partial charge in [-0.25, -0.2) is 9.97 Å². The van der Waals surface area contributed by atoms with Crippen LogP contribution in [0.2, 0.25) is 0 Å². The van der Waals surface area contributed by atoms with Gasteiger partial charge in [-0.05, 0) is 31.2 Å². The number of Topliss-reactive ketones (excluding diaryl/α,β-unsaturated/α-hetero) is 1. The number of rotatable bonds is 6. The van der Waals surface area contributed by atoms with Gasteiger partial charge in [0, 0.05) is 29.8 Å². The van der Waals surface area contributed by atoms with Gasteiger partial charge in [-0.15, -0.1) is 0 Å². The molecule has 0 saturated carbocycles. The van der Waals surface area contributed by atoms with Gasteiger partial charge < -0.3 is 14.8 Å². The minimum absolute atomic E-state index is 0.0279. The van der Waals surface area contributed by atoms with Gasteiger partial charge in [0.2, 0.25) is 0 Å². The Morgan fingerprint density at radius 1 is 1.28 bits per heavy atom. The van der Waals surface area contributed by atoms with Gasteiger partial charge in [-0.1, -0.05) is 0 Å². The third kappa shape index (κ3) is 3.99. The van der Waals surface area contributed by atoms with E-state index in [0.29, 0.717) is 47.6 Å². The molecule has 9 nitrogen and oxygen atoms in total. The third-order valence-corrected chi connectivity index (χ3v) is 4.65. The van der Waals surface area contributed by atoms with E-state index < -0.39 is 4.92 Å². The van der Waals surface area contributed by atoms with Crippen LogP contribution in [0.25, 0.3) is 10.9 Å². The van der Waals surface area contributed by atoms with Crippen molar-refractivity contribution in [1.29, 1.82) is 0 Å². The van der Waals surface area contributed by atoms with E-state index in [4.69, 9.17) is 9.47 Å². The predicted molar refractivity (Wildman–Crippen MR) is 106 cm³/mol. The van der Waals surface area contributed by atoms with Gasteiger partial charge in [0.15, 0.2) is 11.5 Å². The molecule has 29 heavy (non-hydrogen) atoms. The quantitative estimate of drug-likeness (QED) is 0.382. The Morgan fingerprint density at radius 2 is 2.07 bits per heavy atom. The van der Waals surface area contributed by atoms with Crippen molar-refractivity contribution in [3.05, 3.63) is 58.4 Å². The number of ketones is 1. The fourth-order valence-electron chi connectivity index (χ4n) is 3.12. The van der Waals surface area contributed by atoms with Crippen LogP contribution >= 0.6 is 0 Å². The zero-order valence-electron chi connectivity index (χ0n) is 15.6. The van der Waals surface area contributed by atoms with E-state index in [9.17, 15) is 14.9 Å². The van der Waals surface area contributed by atoms with Gasteiger partial charge in [-0.2, -0.15) is 0 Å². The highest BCUT2D eigenvalue weighted by atomic mass is 16.6. The largest absolute Gasteiger partial charge is 0.481 e. The molecule has 1 aliphatic heterocycles. The Kier molecular flexibility index (Phi) is 5.05. The van der Waals surface area contributed by atoms with E-state index in [2.05, 4.69) is 15.3 Å². The van der Waals surface area contributed by atoms with Gasteiger partial charge in [-0.3, -0.25) is 14.9 Å². The molecular formula is C20H18N4O5. The molecule has 0 aliphatic carbocycles. The minimum Gasteiger partial charge on any atom is -0.481 e. The fraction of sp³-hybridized carbons (Fsp3) is 0.250. The number of ether oxygens (including phenoxy) is 2. The van der Waals surface area contributed by atoms with Gasteiger partial charge in [0.05, 0.1) is 29.0 Å². The first kappa shape index (κ1) is 18.8. The first-order valence-corrected chi connectivity index (χ1v) is 9.07. The highest BCUT2D eigenvalue weighted by Crippen LogP contribution is 2.35. The number of nitrogens with one attached hydrogen (secondary N) is 1. The van der Waals surface area contributed by atoms with Crippen LogP contribution in [0, 0.1) is 10.1 Å². The van der Waals surface area contributed by atoms with Crippen molar-refractivity contribution < 1.29 is 19.2 Å². The molecule has 0 bridgehead atoms. The van der Waals surface area contributed by atoms with E-state index in [0.717, 1.165) is 0 Å². The minimum atomic E-state index is -0.483. The van der Waals surface area contributed by atoms with E-state index in [1.165, 1.54) is 19.3 Å². The fourth-order valence-corrected chi connectivity index (χ4v) is 3.12. The van der Waals surface area contributed by atoms with Crippen LogP contribution in [-0.4, -0.2) is 40.0 Å². The number of hydrogen-bond donors (Lipinski definition) is 1. The predicted octanol–water partition coefficient (Wildman–Crippen LogP) is 3.65. The van der Waals surface area contributed by atoms with Crippen molar-refractivity contribution in [3.8, 4) is 5.75 Å². The number of anilines is 2. The summed E-state index contributed by atoms with van der Waals surface area (Å²) in [6, 6.07) is 9.86. The molecule has 9 heteroatoms. The van der Waals surface area contributed by atoms with Crippen LogP contribution in [-0.2, 0) is 4.74 Å². The van der Waals surface area contributed by atoms with E-state index in [1.54, 1.807) is 30.3 Å². The molecule has 4 rings (SSSR count). The zero-order valence-corrected chi connectivity index (χ0v) is 15.6. The molecule has 1 N–H and O–H groups in total.